The first-order chi connectivity index (χ1) is 12.8. The lowest BCUT2D eigenvalue weighted by molar-refractivity contribution is 0.102. The molecule has 5 nitrogen and oxygen atoms in total. The molecule has 0 saturated carbocycles. The van der Waals surface area contributed by atoms with Gasteiger partial charge in [-0.05, 0) is 49.2 Å². The standard InChI is InChI=1S/C18H17BrClFN2O3S/c19-12-4-7-17(16(21)10-12)22-18(24)14-11-13(5-6-15(14)20)27(25,26)23-8-2-1-3-9-23/h4-7,10-11H,1-3,8-9H2,(H,22,24). The van der Waals surface area contributed by atoms with Crippen molar-refractivity contribution < 1.29 is 17.6 Å². The maximum Gasteiger partial charge on any atom is 0.257 e. The van der Waals surface area contributed by atoms with Gasteiger partial charge in [-0.3, -0.25) is 4.79 Å². The first kappa shape index (κ1) is 20.3. The number of hydrogen-bond acceptors (Lipinski definition) is 3. The third kappa shape index (κ3) is 4.51. The van der Waals surface area contributed by atoms with E-state index in [0.29, 0.717) is 17.6 Å². The molecule has 0 radical (unpaired) electrons. The summed E-state index contributed by atoms with van der Waals surface area (Å²) in [6.45, 7) is 0.910. The first-order valence-corrected chi connectivity index (χ1v) is 11.0. The Bertz CT molecular complexity index is 979. The van der Waals surface area contributed by atoms with E-state index in [-0.39, 0.29) is 21.2 Å². The zero-order chi connectivity index (χ0) is 19.6. The van der Waals surface area contributed by atoms with Gasteiger partial charge in [-0.2, -0.15) is 4.31 Å². The van der Waals surface area contributed by atoms with E-state index in [1.165, 1.54) is 34.6 Å². The molecule has 1 aliphatic rings. The van der Waals surface area contributed by atoms with Crippen LogP contribution in [0, 0.1) is 5.82 Å². The lowest BCUT2D eigenvalue weighted by Gasteiger charge is -2.26. The number of rotatable bonds is 4. The van der Waals surface area contributed by atoms with Crippen LogP contribution in [0.15, 0.2) is 45.8 Å². The molecule has 27 heavy (non-hydrogen) atoms. The van der Waals surface area contributed by atoms with Crippen LogP contribution in [0.25, 0.3) is 0 Å². The Morgan fingerprint density at radius 3 is 2.48 bits per heavy atom. The highest BCUT2D eigenvalue weighted by Gasteiger charge is 2.27. The second-order valence-electron chi connectivity index (χ2n) is 6.18. The summed E-state index contributed by atoms with van der Waals surface area (Å²) in [5.41, 5.74) is -0.0550. The molecule has 144 valence electrons. The Kier molecular flexibility index (Phi) is 6.20. The van der Waals surface area contributed by atoms with Crippen molar-refractivity contribution in [3.63, 3.8) is 0 Å². The predicted octanol–water partition coefficient (Wildman–Crippen LogP) is 4.67. The number of benzene rings is 2. The molecule has 1 heterocycles. The molecule has 0 bridgehead atoms. The van der Waals surface area contributed by atoms with Crippen LogP contribution in [0.1, 0.15) is 29.6 Å². The maximum absolute atomic E-state index is 14.0. The summed E-state index contributed by atoms with van der Waals surface area (Å²) in [6, 6.07) is 8.18. The van der Waals surface area contributed by atoms with Crippen LogP contribution in [-0.2, 0) is 10.0 Å². The zero-order valence-electron chi connectivity index (χ0n) is 14.2. The van der Waals surface area contributed by atoms with Gasteiger partial charge in [-0.1, -0.05) is 34.0 Å². The van der Waals surface area contributed by atoms with Gasteiger partial charge in [-0.15, -0.1) is 0 Å². The molecule has 2 aromatic carbocycles. The SMILES string of the molecule is O=C(Nc1ccc(Br)cc1F)c1cc(S(=O)(=O)N2CCCCC2)ccc1Cl. The normalized spacial score (nSPS) is 15.5. The van der Waals surface area contributed by atoms with Gasteiger partial charge >= 0.3 is 0 Å². The third-order valence-corrected chi connectivity index (χ3v) is 7.03. The van der Waals surface area contributed by atoms with Crippen LogP contribution in [0.3, 0.4) is 0 Å². The molecule has 0 aliphatic carbocycles. The first-order valence-electron chi connectivity index (χ1n) is 8.35. The van der Waals surface area contributed by atoms with Crippen molar-refractivity contribution in [1.82, 2.24) is 4.31 Å². The summed E-state index contributed by atoms with van der Waals surface area (Å²) in [6.07, 6.45) is 2.62. The fraction of sp³-hybridized carbons (Fsp3) is 0.278. The molecule has 0 spiro atoms. The second-order valence-corrected chi connectivity index (χ2v) is 9.45. The van der Waals surface area contributed by atoms with E-state index in [1.54, 1.807) is 6.07 Å². The summed E-state index contributed by atoms with van der Waals surface area (Å²) < 4.78 is 41.5. The molecule has 1 amide bonds. The number of halogens is 3. The van der Waals surface area contributed by atoms with E-state index in [4.69, 9.17) is 11.6 Å². The molecule has 1 saturated heterocycles. The molecule has 3 rings (SSSR count). The molecular weight excluding hydrogens is 459 g/mol. The summed E-state index contributed by atoms with van der Waals surface area (Å²) >= 11 is 9.23. The number of nitrogens with one attached hydrogen (secondary N) is 1. The molecule has 9 heteroatoms. The monoisotopic (exact) mass is 474 g/mol. The van der Waals surface area contributed by atoms with Gasteiger partial charge in [0, 0.05) is 17.6 Å². The van der Waals surface area contributed by atoms with Crippen molar-refractivity contribution in [2.75, 3.05) is 18.4 Å². The van der Waals surface area contributed by atoms with Crippen LogP contribution >= 0.6 is 27.5 Å². The Balaban J connectivity index is 1.89. The van der Waals surface area contributed by atoms with Crippen LogP contribution in [0.4, 0.5) is 10.1 Å². The van der Waals surface area contributed by atoms with Crippen molar-refractivity contribution >= 4 is 49.1 Å². The number of hydrogen-bond donors (Lipinski definition) is 1. The lowest BCUT2D eigenvalue weighted by Crippen LogP contribution is -2.35. The highest BCUT2D eigenvalue weighted by molar-refractivity contribution is 9.10. The second kappa shape index (κ2) is 8.26. The number of nitrogens with zero attached hydrogens (tertiary/aromatic N) is 1. The quantitative estimate of drug-likeness (QED) is 0.699. The Hall–Kier alpha value is -1.48. The average Bonchev–Trinajstić information content (AvgIpc) is 2.65. The van der Waals surface area contributed by atoms with Gasteiger partial charge in [-0.25, -0.2) is 12.8 Å². The molecule has 1 aliphatic heterocycles. The van der Waals surface area contributed by atoms with Crippen molar-refractivity contribution in [1.29, 1.82) is 0 Å². The zero-order valence-corrected chi connectivity index (χ0v) is 17.4. The number of piperidine rings is 1. The Morgan fingerprint density at radius 2 is 1.81 bits per heavy atom. The van der Waals surface area contributed by atoms with Gasteiger partial charge in [0.15, 0.2) is 0 Å². The van der Waals surface area contributed by atoms with Gasteiger partial charge in [0.1, 0.15) is 5.82 Å². The van der Waals surface area contributed by atoms with Crippen molar-refractivity contribution in [3.8, 4) is 0 Å². The van der Waals surface area contributed by atoms with Gasteiger partial charge in [0.2, 0.25) is 10.0 Å². The Morgan fingerprint density at radius 1 is 1.11 bits per heavy atom. The molecule has 0 aromatic heterocycles. The molecule has 0 unspecified atom stereocenters. The smallest absolute Gasteiger partial charge is 0.257 e. The van der Waals surface area contributed by atoms with E-state index in [9.17, 15) is 17.6 Å². The summed E-state index contributed by atoms with van der Waals surface area (Å²) in [5.74, 6) is -1.30. The van der Waals surface area contributed by atoms with E-state index in [2.05, 4.69) is 21.2 Å². The minimum absolute atomic E-state index is 0.00442. The predicted molar refractivity (Wildman–Crippen MR) is 106 cm³/mol. The van der Waals surface area contributed by atoms with Gasteiger partial charge in [0.25, 0.3) is 5.91 Å². The fourth-order valence-electron chi connectivity index (χ4n) is 2.87. The number of sulfonamides is 1. The van der Waals surface area contributed by atoms with Crippen molar-refractivity contribution in [3.05, 3.63) is 57.3 Å². The number of carbonyl (C=O) groups is 1. The van der Waals surface area contributed by atoms with Gasteiger partial charge in [0.05, 0.1) is 21.2 Å². The minimum atomic E-state index is -3.71. The Labute approximate surface area is 170 Å². The van der Waals surface area contributed by atoms with E-state index in [0.717, 1.165) is 19.3 Å². The molecule has 1 fully saturated rings. The lowest BCUT2D eigenvalue weighted by atomic mass is 10.2. The number of amides is 1. The highest BCUT2D eigenvalue weighted by Crippen LogP contribution is 2.26. The molecular formula is C18H17BrClFN2O3S. The van der Waals surface area contributed by atoms with Crippen LogP contribution in [0.2, 0.25) is 5.02 Å². The van der Waals surface area contributed by atoms with Crippen molar-refractivity contribution in [2.45, 2.75) is 24.2 Å². The topological polar surface area (TPSA) is 66.5 Å². The average molecular weight is 476 g/mol. The van der Waals surface area contributed by atoms with E-state index in [1.807, 2.05) is 0 Å². The number of anilines is 1. The van der Waals surface area contributed by atoms with Crippen LogP contribution in [-0.4, -0.2) is 31.7 Å². The van der Waals surface area contributed by atoms with Crippen molar-refractivity contribution in [2.24, 2.45) is 0 Å². The summed E-state index contributed by atoms with van der Waals surface area (Å²) in [5, 5.41) is 2.51. The van der Waals surface area contributed by atoms with Crippen LogP contribution < -0.4 is 5.32 Å². The maximum atomic E-state index is 14.0. The third-order valence-electron chi connectivity index (χ3n) is 4.31. The minimum Gasteiger partial charge on any atom is -0.319 e. The largest absolute Gasteiger partial charge is 0.319 e. The van der Waals surface area contributed by atoms with Gasteiger partial charge < -0.3 is 5.32 Å². The number of carbonyl (C=O) groups excluding carboxylic acids is 1. The van der Waals surface area contributed by atoms with Crippen LogP contribution in [0.5, 0.6) is 0 Å². The van der Waals surface area contributed by atoms with E-state index < -0.39 is 21.7 Å². The molecule has 1 N–H and O–H groups in total. The molecule has 0 atom stereocenters. The highest BCUT2D eigenvalue weighted by atomic mass is 79.9. The fourth-order valence-corrected chi connectivity index (χ4v) is 4.95. The summed E-state index contributed by atoms with van der Waals surface area (Å²) in [7, 11) is -3.71. The van der Waals surface area contributed by atoms with E-state index >= 15 is 0 Å². The molecule has 2 aromatic rings. The summed E-state index contributed by atoms with van der Waals surface area (Å²) in [4.78, 5) is 12.5.